The molecular weight excluding hydrogens is 354 g/mol. The molecule has 1 aliphatic heterocycles. The highest BCUT2D eigenvalue weighted by Crippen LogP contribution is 2.29. The molecule has 3 rings (SSSR count). The highest BCUT2D eigenvalue weighted by atomic mass is 35.5. The summed E-state index contributed by atoms with van der Waals surface area (Å²) in [6.45, 7) is 6.01. The number of nitrogens with zero attached hydrogens (tertiary/aromatic N) is 4. The quantitative estimate of drug-likeness (QED) is 0.832. The number of amides is 2. The maximum Gasteiger partial charge on any atom is 0.274 e. The highest BCUT2D eigenvalue weighted by molar-refractivity contribution is 6.33. The van der Waals surface area contributed by atoms with Gasteiger partial charge >= 0.3 is 0 Å². The maximum absolute atomic E-state index is 12.5. The van der Waals surface area contributed by atoms with Crippen LogP contribution in [0.2, 0.25) is 5.02 Å². The number of benzene rings is 1. The standard InChI is InChI=1S/C18H20ClN5O2/c1-12-9-13(2)17(14(19)10-12)20-16-4-3-15(21-22-16)18(26)24-7-5-23(11-25)6-8-24/h3-4,9-11H,5-8H2,1-2H3,(H,20,22). The zero-order valence-electron chi connectivity index (χ0n) is 14.7. The van der Waals surface area contributed by atoms with Gasteiger partial charge in [-0.05, 0) is 43.2 Å². The molecule has 1 fully saturated rings. The highest BCUT2D eigenvalue weighted by Gasteiger charge is 2.22. The Bertz CT molecular complexity index is 794. The van der Waals surface area contributed by atoms with Crippen LogP contribution in [0.1, 0.15) is 21.6 Å². The van der Waals surface area contributed by atoms with E-state index in [2.05, 4.69) is 15.5 Å². The van der Waals surface area contributed by atoms with Gasteiger partial charge in [-0.1, -0.05) is 17.7 Å². The summed E-state index contributed by atoms with van der Waals surface area (Å²) in [4.78, 5) is 26.6. The fourth-order valence-electron chi connectivity index (χ4n) is 2.91. The first-order chi connectivity index (χ1) is 12.5. The van der Waals surface area contributed by atoms with E-state index >= 15 is 0 Å². The summed E-state index contributed by atoms with van der Waals surface area (Å²) in [6, 6.07) is 7.25. The van der Waals surface area contributed by atoms with Crippen LogP contribution in [0.5, 0.6) is 0 Å². The van der Waals surface area contributed by atoms with E-state index in [1.807, 2.05) is 26.0 Å². The van der Waals surface area contributed by atoms with Gasteiger partial charge in [-0.2, -0.15) is 0 Å². The van der Waals surface area contributed by atoms with Crippen LogP contribution >= 0.6 is 11.6 Å². The van der Waals surface area contributed by atoms with Crippen LogP contribution in [0.4, 0.5) is 11.5 Å². The lowest BCUT2D eigenvalue weighted by Gasteiger charge is -2.32. The fraction of sp³-hybridized carbons (Fsp3) is 0.333. The van der Waals surface area contributed by atoms with Crippen molar-refractivity contribution < 1.29 is 9.59 Å². The lowest BCUT2D eigenvalue weighted by atomic mass is 10.1. The van der Waals surface area contributed by atoms with E-state index in [9.17, 15) is 9.59 Å². The van der Waals surface area contributed by atoms with Crippen molar-refractivity contribution in [2.24, 2.45) is 0 Å². The molecule has 26 heavy (non-hydrogen) atoms. The summed E-state index contributed by atoms with van der Waals surface area (Å²) in [5, 5.41) is 11.9. The van der Waals surface area contributed by atoms with Crippen LogP contribution in [-0.2, 0) is 4.79 Å². The minimum Gasteiger partial charge on any atom is -0.342 e. The zero-order chi connectivity index (χ0) is 18.7. The lowest BCUT2D eigenvalue weighted by molar-refractivity contribution is -0.119. The number of halogens is 1. The molecule has 8 heteroatoms. The summed E-state index contributed by atoms with van der Waals surface area (Å²) in [7, 11) is 0. The van der Waals surface area contributed by atoms with Gasteiger partial charge in [0.1, 0.15) is 0 Å². The Morgan fingerprint density at radius 1 is 1.15 bits per heavy atom. The maximum atomic E-state index is 12.5. The van der Waals surface area contributed by atoms with Crippen LogP contribution in [0.15, 0.2) is 24.3 Å². The smallest absolute Gasteiger partial charge is 0.274 e. The molecule has 0 unspecified atom stereocenters. The molecule has 0 saturated carbocycles. The molecule has 2 aromatic rings. The van der Waals surface area contributed by atoms with Gasteiger partial charge in [-0.15, -0.1) is 10.2 Å². The van der Waals surface area contributed by atoms with Crippen LogP contribution in [-0.4, -0.2) is 58.5 Å². The second-order valence-electron chi connectivity index (χ2n) is 6.30. The van der Waals surface area contributed by atoms with Crippen molar-refractivity contribution in [3.05, 3.63) is 46.1 Å². The van der Waals surface area contributed by atoms with E-state index in [0.29, 0.717) is 37.0 Å². The first-order valence-electron chi connectivity index (χ1n) is 8.34. The molecule has 1 aliphatic rings. The first-order valence-corrected chi connectivity index (χ1v) is 8.72. The van der Waals surface area contributed by atoms with E-state index in [4.69, 9.17) is 11.6 Å². The summed E-state index contributed by atoms with van der Waals surface area (Å²) in [5.41, 5.74) is 3.14. The summed E-state index contributed by atoms with van der Waals surface area (Å²) in [5.74, 6) is 0.334. The molecule has 1 aromatic carbocycles. The molecule has 1 aromatic heterocycles. The molecule has 2 amide bonds. The number of anilines is 2. The molecule has 0 atom stereocenters. The molecule has 136 valence electrons. The third-order valence-corrected chi connectivity index (χ3v) is 4.62. The molecule has 1 N–H and O–H groups in total. The number of aryl methyl sites for hydroxylation is 2. The van der Waals surface area contributed by atoms with Gasteiger partial charge in [0.2, 0.25) is 6.41 Å². The van der Waals surface area contributed by atoms with E-state index in [0.717, 1.165) is 23.2 Å². The molecule has 1 saturated heterocycles. The Kier molecular flexibility index (Phi) is 5.37. The number of nitrogens with one attached hydrogen (secondary N) is 1. The Hall–Kier alpha value is -2.67. The number of carbonyl (C=O) groups excluding carboxylic acids is 2. The summed E-state index contributed by atoms with van der Waals surface area (Å²) in [6.07, 6.45) is 0.806. The number of rotatable bonds is 4. The van der Waals surface area contributed by atoms with E-state index in [-0.39, 0.29) is 11.6 Å². The van der Waals surface area contributed by atoms with Crippen molar-refractivity contribution in [2.45, 2.75) is 13.8 Å². The Labute approximate surface area is 157 Å². The van der Waals surface area contributed by atoms with Crippen molar-refractivity contribution in [3.63, 3.8) is 0 Å². The second kappa shape index (κ2) is 7.70. The van der Waals surface area contributed by atoms with Gasteiger partial charge in [-0.25, -0.2) is 0 Å². The molecule has 7 nitrogen and oxygen atoms in total. The fourth-order valence-corrected chi connectivity index (χ4v) is 3.28. The van der Waals surface area contributed by atoms with Crippen molar-refractivity contribution in [1.82, 2.24) is 20.0 Å². The third kappa shape index (κ3) is 3.94. The molecule has 0 bridgehead atoms. The largest absolute Gasteiger partial charge is 0.342 e. The van der Waals surface area contributed by atoms with Gasteiger partial charge in [0, 0.05) is 26.2 Å². The van der Waals surface area contributed by atoms with Crippen molar-refractivity contribution in [1.29, 1.82) is 0 Å². The Morgan fingerprint density at radius 2 is 1.88 bits per heavy atom. The van der Waals surface area contributed by atoms with Crippen molar-refractivity contribution in [3.8, 4) is 0 Å². The van der Waals surface area contributed by atoms with E-state index in [1.165, 1.54) is 0 Å². The SMILES string of the molecule is Cc1cc(C)c(Nc2ccc(C(=O)N3CCN(C=O)CC3)nn2)c(Cl)c1. The van der Waals surface area contributed by atoms with Crippen LogP contribution in [0, 0.1) is 13.8 Å². The van der Waals surface area contributed by atoms with Gasteiger partial charge < -0.3 is 15.1 Å². The van der Waals surface area contributed by atoms with Crippen LogP contribution < -0.4 is 5.32 Å². The number of hydrogen-bond donors (Lipinski definition) is 1. The minimum atomic E-state index is -0.181. The van der Waals surface area contributed by atoms with Gasteiger partial charge in [0.25, 0.3) is 5.91 Å². The van der Waals surface area contributed by atoms with Crippen molar-refractivity contribution >= 4 is 35.4 Å². The Balaban J connectivity index is 1.69. The topological polar surface area (TPSA) is 78.4 Å². The van der Waals surface area contributed by atoms with Gasteiger partial charge in [0.05, 0.1) is 10.7 Å². The Morgan fingerprint density at radius 3 is 2.46 bits per heavy atom. The normalized spacial score (nSPS) is 14.3. The minimum absolute atomic E-state index is 0.181. The second-order valence-corrected chi connectivity index (χ2v) is 6.71. The number of aromatic nitrogens is 2. The number of piperazine rings is 1. The third-order valence-electron chi connectivity index (χ3n) is 4.32. The van der Waals surface area contributed by atoms with Gasteiger partial charge in [0.15, 0.2) is 11.5 Å². The van der Waals surface area contributed by atoms with E-state index in [1.54, 1.807) is 21.9 Å². The van der Waals surface area contributed by atoms with Crippen LogP contribution in [0.25, 0.3) is 0 Å². The zero-order valence-corrected chi connectivity index (χ0v) is 15.5. The predicted octanol–water partition coefficient (Wildman–Crippen LogP) is 2.40. The summed E-state index contributed by atoms with van der Waals surface area (Å²) >= 11 is 6.29. The monoisotopic (exact) mass is 373 g/mol. The molecule has 0 radical (unpaired) electrons. The predicted molar refractivity (Wildman–Crippen MR) is 99.8 cm³/mol. The lowest BCUT2D eigenvalue weighted by Crippen LogP contribution is -2.48. The molecular formula is C18H20ClN5O2. The molecule has 2 heterocycles. The van der Waals surface area contributed by atoms with E-state index < -0.39 is 0 Å². The molecule has 0 aliphatic carbocycles. The number of hydrogen-bond acceptors (Lipinski definition) is 5. The number of carbonyl (C=O) groups is 2. The van der Waals surface area contributed by atoms with Crippen LogP contribution in [0.3, 0.4) is 0 Å². The first kappa shape index (κ1) is 18.1. The molecule has 0 spiro atoms. The van der Waals surface area contributed by atoms with Gasteiger partial charge in [-0.3, -0.25) is 9.59 Å². The summed E-state index contributed by atoms with van der Waals surface area (Å²) < 4.78 is 0. The van der Waals surface area contributed by atoms with Crippen molar-refractivity contribution in [2.75, 3.05) is 31.5 Å². The average Bonchev–Trinajstić information content (AvgIpc) is 2.64. The average molecular weight is 374 g/mol.